The second-order valence-corrected chi connectivity index (χ2v) is 5.30. The van der Waals surface area contributed by atoms with Crippen molar-refractivity contribution in [3.8, 4) is 0 Å². The Morgan fingerprint density at radius 3 is 2.87 bits per heavy atom. The minimum Gasteiger partial charge on any atom is -0.334 e. The van der Waals surface area contributed by atoms with Gasteiger partial charge in [0.15, 0.2) is 0 Å². The van der Waals surface area contributed by atoms with Crippen LogP contribution in [0, 0.1) is 5.92 Å². The predicted octanol–water partition coefficient (Wildman–Crippen LogP) is 3.06. The highest BCUT2D eigenvalue weighted by Gasteiger charge is 2.27. The molecule has 0 unspecified atom stereocenters. The van der Waals surface area contributed by atoms with Gasteiger partial charge in [-0.05, 0) is 23.6 Å². The molecule has 0 atom stereocenters. The van der Waals surface area contributed by atoms with E-state index in [4.69, 9.17) is 0 Å². The molecule has 0 aromatic heterocycles. The first kappa shape index (κ1) is 10.7. The van der Waals surface area contributed by atoms with Crippen molar-refractivity contribution in [1.82, 2.24) is 4.90 Å². The molecule has 1 aliphatic heterocycles. The number of benzene rings is 1. The largest absolute Gasteiger partial charge is 0.334 e. The van der Waals surface area contributed by atoms with E-state index in [1.807, 2.05) is 23.1 Å². The van der Waals surface area contributed by atoms with Crippen molar-refractivity contribution in [2.45, 2.75) is 20.4 Å². The standard InChI is InChI=1S/C12H14BrNO/c1-8(2)6-14-7-9-3-4-10(13)5-11(9)12(14)15/h3-5,8H,6-7H2,1-2H3. The molecule has 0 radical (unpaired) electrons. The number of rotatable bonds is 2. The van der Waals surface area contributed by atoms with Gasteiger partial charge in [0.2, 0.25) is 0 Å². The van der Waals surface area contributed by atoms with Gasteiger partial charge in [-0.3, -0.25) is 4.79 Å². The van der Waals surface area contributed by atoms with Gasteiger partial charge in [0.05, 0.1) is 0 Å². The SMILES string of the molecule is CC(C)CN1Cc2ccc(Br)cc2C1=O. The number of nitrogens with zero attached hydrogens (tertiary/aromatic N) is 1. The van der Waals surface area contributed by atoms with Crippen molar-refractivity contribution in [3.63, 3.8) is 0 Å². The number of carbonyl (C=O) groups excluding carboxylic acids is 1. The van der Waals surface area contributed by atoms with E-state index in [1.165, 1.54) is 0 Å². The van der Waals surface area contributed by atoms with Gasteiger partial charge in [0.25, 0.3) is 5.91 Å². The summed E-state index contributed by atoms with van der Waals surface area (Å²) in [5, 5.41) is 0. The molecule has 15 heavy (non-hydrogen) atoms. The van der Waals surface area contributed by atoms with Crippen molar-refractivity contribution in [3.05, 3.63) is 33.8 Å². The fraction of sp³-hybridized carbons (Fsp3) is 0.417. The van der Waals surface area contributed by atoms with Crippen molar-refractivity contribution >= 4 is 21.8 Å². The van der Waals surface area contributed by atoms with Crippen molar-refractivity contribution in [1.29, 1.82) is 0 Å². The molecule has 1 aromatic rings. The number of fused-ring (bicyclic) bond motifs is 1. The van der Waals surface area contributed by atoms with Crippen LogP contribution in [0.2, 0.25) is 0 Å². The van der Waals surface area contributed by atoms with E-state index < -0.39 is 0 Å². The Bertz CT molecular complexity index is 401. The molecule has 2 nitrogen and oxygen atoms in total. The second-order valence-electron chi connectivity index (χ2n) is 4.38. The summed E-state index contributed by atoms with van der Waals surface area (Å²) >= 11 is 3.39. The zero-order valence-corrected chi connectivity index (χ0v) is 10.5. The summed E-state index contributed by atoms with van der Waals surface area (Å²) in [5.41, 5.74) is 1.99. The zero-order chi connectivity index (χ0) is 11.0. The van der Waals surface area contributed by atoms with E-state index in [0.29, 0.717) is 5.92 Å². The third-order valence-corrected chi connectivity index (χ3v) is 3.03. The monoisotopic (exact) mass is 267 g/mol. The fourth-order valence-corrected chi connectivity index (χ4v) is 2.28. The van der Waals surface area contributed by atoms with Crippen LogP contribution in [0.25, 0.3) is 0 Å². The van der Waals surface area contributed by atoms with Crippen LogP contribution in [-0.2, 0) is 6.54 Å². The van der Waals surface area contributed by atoms with Crippen LogP contribution in [0.5, 0.6) is 0 Å². The first-order valence-corrected chi connectivity index (χ1v) is 5.95. The third kappa shape index (κ3) is 2.07. The highest BCUT2D eigenvalue weighted by Crippen LogP contribution is 2.26. The number of hydrogen-bond acceptors (Lipinski definition) is 1. The third-order valence-electron chi connectivity index (χ3n) is 2.54. The van der Waals surface area contributed by atoms with Crippen LogP contribution in [0.15, 0.2) is 22.7 Å². The molecule has 1 aromatic carbocycles. The van der Waals surface area contributed by atoms with Crippen LogP contribution in [-0.4, -0.2) is 17.4 Å². The van der Waals surface area contributed by atoms with Crippen LogP contribution in [0.4, 0.5) is 0 Å². The Kier molecular flexibility index (Phi) is 2.83. The molecule has 0 fully saturated rings. The van der Waals surface area contributed by atoms with E-state index in [9.17, 15) is 4.79 Å². The van der Waals surface area contributed by atoms with Gasteiger partial charge < -0.3 is 4.90 Å². The van der Waals surface area contributed by atoms with Crippen LogP contribution in [0.3, 0.4) is 0 Å². The Balaban J connectivity index is 2.26. The smallest absolute Gasteiger partial charge is 0.254 e. The van der Waals surface area contributed by atoms with Gasteiger partial charge in [-0.25, -0.2) is 0 Å². The summed E-state index contributed by atoms with van der Waals surface area (Å²) in [7, 11) is 0. The van der Waals surface area contributed by atoms with E-state index in [2.05, 4.69) is 29.8 Å². The zero-order valence-electron chi connectivity index (χ0n) is 8.96. The molecule has 3 heteroatoms. The van der Waals surface area contributed by atoms with Gasteiger partial charge >= 0.3 is 0 Å². The van der Waals surface area contributed by atoms with Crippen molar-refractivity contribution < 1.29 is 4.79 Å². The van der Waals surface area contributed by atoms with E-state index in [1.54, 1.807) is 0 Å². The number of hydrogen-bond donors (Lipinski definition) is 0. The molecule has 0 aliphatic carbocycles. The van der Waals surface area contributed by atoms with Gasteiger partial charge in [0.1, 0.15) is 0 Å². The molecular weight excluding hydrogens is 254 g/mol. The van der Waals surface area contributed by atoms with Crippen molar-refractivity contribution in [2.75, 3.05) is 6.54 Å². The summed E-state index contributed by atoms with van der Waals surface area (Å²) < 4.78 is 0.973. The first-order valence-electron chi connectivity index (χ1n) is 5.15. The molecular formula is C12H14BrNO. The minimum atomic E-state index is 0.167. The Labute approximate surface area is 98.4 Å². The molecule has 0 saturated heterocycles. The van der Waals surface area contributed by atoms with E-state index in [0.717, 1.165) is 28.7 Å². The molecule has 80 valence electrons. The Morgan fingerprint density at radius 2 is 2.20 bits per heavy atom. The van der Waals surface area contributed by atoms with Gasteiger partial charge in [0, 0.05) is 23.1 Å². The highest BCUT2D eigenvalue weighted by molar-refractivity contribution is 9.10. The van der Waals surface area contributed by atoms with Crippen LogP contribution >= 0.6 is 15.9 Å². The normalized spacial score (nSPS) is 14.9. The molecule has 0 bridgehead atoms. The molecule has 1 heterocycles. The van der Waals surface area contributed by atoms with E-state index in [-0.39, 0.29) is 5.91 Å². The lowest BCUT2D eigenvalue weighted by Crippen LogP contribution is -2.27. The highest BCUT2D eigenvalue weighted by atomic mass is 79.9. The quantitative estimate of drug-likeness (QED) is 0.807. The summed E-state index contributed by atoms with van der Waals surface area (Å²) in [6.07, 6.45) is 0. The molecule has 0 saturated carbocycles. The fourth-order valence-electron chi connectivity index (χ4n) is 1.92. The van der Waals surface area contributed by atoms with Gasteiger partial charge in [-0.15, -0.1) is 0 Å². The number of halogens is 1. The molecule has 0 spiro atoms. The van der Waals surface area contributed by atoms with E-state index >= 15 is 0 Å². The van der Waals surface area contributed by atoms with Crippen molar-refractivity contribution in [2.24, 2.45) is 5.92 Å². The maximum Gasteiger partial charge on any atom is 0.254 e. The molecule has 1 amide bonds. The lowest BCUT2D eigenvalue weighted by Gasteiger charge is -2.17. The molecule has 0 N–H and O–H groups in total. The average molecular weight is 268 g/mol. The Morgan fingerprint density at radius 1 is 1.47 bits per heavy atom. The number of carbonyl (C=O) groups is 1. The summed E-state index contributed by atoms with van der Waals surface area (Å²) in [6, 6.07) is 5.93. The average Bonchev–Trinajstić information content (AvgIpc) is 2.44. The van der Waals surface area contributed by atoms with Gasteiger partial charge in [-0.1, -0.05) is 35.8 Å². The summed E-state index contributed by atoms with van der Waals surface area (Å²) in [5.74, 6) is 0.687. The molecule has 2 rings (SSSR count). The number of amides is 1. The molecule has 1 aliphatic rings. The van der Waals surface area contributed by atoms with Crippen LogP contribution in [0.1, 0.15) is 29.8 Å². The lowest BCUT2D eigenvalue weighted by atomic mass is 10.1. The maximum atomic E-state index is 12.0. The lowest BCUT2D eigenvalue weighted by molar-refractivity contribution is 0.0760. The van der Waals surface area contributed by atoms with Gasteiger partial charge in [-0.2, -0.15) is 0 Å². The topological polar surface area (TPSA) is 20.3 Å². The van der Waals surface area contributed by atoms with Crippen LogP contribution < -0.4 is 0 Å². The Hall–Kier alpha value is -0.830. The second kappa shape index (κ2) is 3.97. The minimum absolute atomic E-state index is 0.167. The summed E-state index contributed by atoms with van der Waals surface area (Å²) in [4.78, 5) is 13.9. The summed E-state index contributed by atoms with van der Waals surface area (Å²) in [6.45, 7) is 5.86. The first-order chi connectivity index (χ1) is 7.08. The predicted molar refractivity (Wildman–Crippen MR) is 63.7 cm³/mol. The maximum absolute atomic E-state index is 12.0.